The number of ether oxygens (including phenoxy) is 1. The average Bonchev–Trinajstić information content (AvgIpc) is 3.83. The first kappa shape index (κ1) is 44.3. The maximum Gasteiger partial charge on any atom is 0.329 e. The number of rotatable bonds is 8. The molecule has 4 saturated heterocycles. The number of hydrogen-bond donors (Lipinski definition) is 5. The van der Waals surface area contributed by atoms with Crippen LogP contribution in [-0.4, -0.2) is 130 Å². The molecule has 1 unspecified atom stereocenters. The van der Waals surface area contributed by atoms with Gasteiger partial charge in [0, 0.05) is 32.1 Å². The second-order valence-corrected chi connectivity index (χ2v) is 17.1. The van der Waals surface area contributed by atoms with Crippen LogP contribution in [0.15, 0.2) is 36.4 Å². The van der Waals surface area contributed by atoms with Crippen LogP contribution in [0.5, 0.6) is 0 Å². The van der Waals surface area contributed by atoms with Gasteiger partial charge in [-0.15, -0.1) is 0 Å². The quantitative estimate of drug-likeness (QED) is 0.247. The topological polar surface area (TPSA) is 207 Å². The molecule has 2 aromatic carbocycles. The zero-order valence-corrected chi connectivity index (χ0v) is 34.5. The summed E-state index contributed by atoms with van der Waals surface area (Å²) >= 11 is 0. The number of aliphatic hydroxyl groups is 1. The van der Waals surface area contributed by atoms with Crippen molar-refractivity contribution in [1.82, 2.24) is 30.7 Å². The second-order valence-electron chi connectivity index (χ2n) is 17.1. The molecule has 1 saturated carbocycles. The number of fused-ring (bicyclic) bond motifs is 3. The van der Waals surface area contributed by atoms with Gasteiger partial charge in [0.2, 0.25) is 29.5 Å². The molecule has 5 N–H and O–H groups in total. The van der Waals surface area contributed by atoms with Gasteiger partial charge < -0.3 is 45.8 Å². The van der Waals surface area contributed by atoms with E-state index >= 15 is 4.39 Å². The molecule has 19 heteroatoms. The Morgan fingerprint density at radius 2 is 1.53 bits per heavy atom. The zero-order chi connectivity index (χ0) is 44.4. The number of nitrogens with zero attached hydrogens (tertiary/aromatic N) is 3. The van der Waals surface area contributed by atoms with Crippen LogP contribution in [0.2, 0.25) is 0 Å². The summed E-state index contributed by atoms with van der Waals surface area (Å²) in [5.74, 6) is -7.42. The number of esters is 1. The van der Waals surface area contributed by atoms with Crippen LogP contribution in [0.4, 0.5) is 23.7 Å². The molecule has 0 aromatic heterocycles. The van der Waals surface area contributed by atoms with E-state index in [0.29, 0.717) is 25.3 Å². The highest BCUT2D eigenvalue weighted by Crippen LogP contribution is 2.41. The van der Waals surface area contributed by atoms with Crippen LogP contribution in [-0.2, 0) is 39.9 Å². The molecule has 0 bridgehead atoms. The Hall–Kier alpha value is -5.72. The zero-order valence-electron chi connectivity index (χ0n) is 34.5. The fraction of sp³-hybridized carbons (Fsp3) is 0.558. The normalized spacial score (nSPS) is 27.7. The van der Waals surface area contributed by atoms with E-state index in [9.17, 15) is 47.4 Å². The lowest BCUT2D eigenvalue weighted by Gasteiger charge is -2.40. The predicted molar refractivity (Wildman–Crippen MR) is 214 cm³/mol. The molecular weight excluding hydrogens is 816 g/mol. The fourth-order valence-electron chi connectivity index (χ4n) is 9.05. The van der Waals surface area contributed by atoms with Crippen molar-refractivity contribution < 1.29 is 56.6 Å². The van der Waals surface area contributed by atoms with Crippen LogP contribution in [0.3, 0.4) is 0 Å². The highest BCUT2D eigenvalue weighted by molar-refractivity contribution is 5.99. The summed E-state index contributed by atoms with van der Waals surface area (Å²) in [7, 11) is 0. The number of carbonyl (C=O) groups excluding carboxylic acids is 7. The summed E-state index contributed by atoms with van der Waals surface area (Å²) in [5.41, 5.74) is 0.513. The van der Waals surface area contributed by atoms with Gasteiger partial charge in [0.05, 0.1) is 12.3 Å². The summed E-state index contributed by atoms with van der Waals surface area (Å²) in [5, 5.41) is 20.2. The number of aliphatic hydroxyl groups excluding tert-OH is 1. The van der Waals surface area contributed by atoms with E-state index in [1.807, 2.05) is 0 Å². The third-order valence-corrected chi connectivity index (χ3v) is 12.4. The van der Waals surface area contributed by atoms with Gasteiger partial charge in [-0.3, -0.25) is 24.0 Å². The van der Waals surface area contributed by atoms with Crippen LogP contribution in [0.1, 0.15) is 82.3 Å². The number of anilines is 1. The van der Waals surface area contributed by atoms with E-state index in [1.54, 1.807) is 13.0 Å². The highest BCUT2D eigenvalue weighted by Gasteiger charge is 2.48. The van der Waals surface area contributed by atoms with E-state index in [0.717, 1.165) is 30.5 Å². The Morgan fingerprint density at radius 3 is 2.23 bits per heavy atom. The molecule has 2 aromatic rings. The van der Waals surface area contributed by atoms with Gasteiger partial charge in [-0.1, -0.05) is 13.0 Å². The summed E-state index contributed by atoms with van der Waals surface area (Å²) < 4.78 is 49.7. The van der Waals surface area contributed by atoms with Crippen molar-refractivity contribution in [3.05, 3.63) is 65.0 Å². The van der Waals surface area contributed by atoms with Crippen LogP contribution < -0.4 is 21.3 Å². The predicted octanol–water partition coefficient (Wildman–Crippen LogP) is 2.23. The molecule has 62 heavy (non-hydrogen) atoms. The molecule has 4 aliphatic heterocycles. The van der Waals surface area contributed by atoms with Gasteiger partial charge in [0.1, 0.15) is 59.8 Å². The fourth-order valence-corrected chi connectivity index (χ4v) is 9.05. The van der Waals surface area contributed by atoms with E-state index in [4.69, 9.17) is 4.74 Å². The van der Waals surface area contributed by atoms with Gasteiger partial charge >= 0.3 is 12.0 Å². The third-order valence-electron chi connectivity index (χ3n) is 12.4. The molecule has 4 heterocycles. The van der Waals surface area contributed by atoms with Crippen molar-refractivity contribution in [3.63, 3.8) is 0 Å². The average molecular weight is 868 g/mol. The van der Waals surface area contributed by atoms with Crippen molar-refractivity contribution in [2.75, 3.05) is 31.6 Å². The molecular formula is C43H52F3N7O9. The molecule has 16 nitrogen and oxygen atoms in total. The molecule has 8 atom stereocenters. The first-order valence-corrected chi connectivity index (χ1v) is 21.3. The van der Waals surface area contributed by atoms with E-state index in [2.05, 4.69) is 21.3 Å². The molecule has 0 radical (unpaired) electrons. The molecule has 0 spiro atoms. The van der Waals surface area contributed by atoms with Gasteiger partial charge in [0.25, 0.3) is 0 Å². The largest absolute Gasteiger partial charge is 0.458 e. The number of carbonyl (C=O) groups is 7. The lowest BCUT2D eigenvalue weighted by Crippen LogP contribution is -2.63. The van der Waals surface area contributed by atoms with Gasteiger partial charge in [-0.25, -0.2) is 22.8 Å². The SMILES string of the molecule is C[C@@H]1C[C@H]2C(=O)O[C@@H](C)C(NC(=O)[C@H](Cc3cc(F)cc(F)c3)NC(=O)Nc3ccc(C4CC4)cc3F)C(=O)N3CCC[C@H]3C(=O)N3CCCC[C@H]3C(=O)N[C@@H](CO)C(=O)N2C1. The minimum atomic E-state index is -1.72. The number of amides is 7. The molecule has 7 amide bonds. The minimum absolute atomic E-state index is 0.0553. The number of nitrogens with one attached hydrogen (secondary N) is 4. The summed E-state index contributed by atoms with van der Waals surface area (Å²) in [6, 6.07) is -2.31. The highest BCUT2D eigenvalue weighted by atomic mass is 19.1. The van der Waals surface area contributed by atoms with Crippen LogP contribution >= 0.6 is 0 Å². The third kappa shape index (κ3) is 9.82. The second kappa shape index (κ2) is 18.7. The van der Waals surface area contributed by atoms with Crippen molar-refractivity contribution in [3.8, 4) is 0 Å². The lowest BCUT2D eigenvalue weighted by atomic mass is 9.98. The Bertz CT molecular complexity index is 2090. The number of halogens is 3. The first-order chi connectivity index (χ1) is 29.6. The van der Waals surface area contributed by atoms with Gasteiger partial charge in [-0.05, 0) is 106 Å². The maximum absolute atomic E-state index is 15.1. The summed E-state index contributed by atoms with van der Waals surface area (Å²) in [6.07, 6.45) is 1.97. The minimum Gasteiger partial charge on any atom is -0.458 e. The Morgan fingerprint density at radius 1 is 0.839 bits per heavy atom. The molecule has 5 aliphatic rings. The maximum atomic E-state index is 15.1. The number of piperidine rings is 1. The van der Waals surface area contributed by atoms with Crippen molar-refractivity contribution in [2.24, 2.45) is 5.92 Å². The standard InChI is InChI=1S/C43H52F3N7O9/c1-22-14-35-42(60)62-23(2)36(41(59)52-13-5-7-34(52)40(58)51-12-4-3-6-33(51)38(56)47-32(21-54)39(57)53(35)20-22)50-37(55)31(17-24-15-27(44)19-28(45)16-24)49-43(61)48-30-11-10-26(18-29(30)46)25-8-9-25/h10-11,15-16,18-19,22-23,25,31-36,54H,3-9,12-14,17,20-21H2,1-2H3,(H,47,56)(H,50,55)(H2,48,49,61)/t22-,23+,31+,32+,33+,34+,35+,36?/m1/s1. The summed E-state index contributed by atoms with van der Waals surface area (Å²) in [6.45, 7) is 2.65. The van der Waals surface area contributed by atoms with Crippen molar-refractivity contribution >= 4 is 47.2 Å². The van der Waals surface area contributed by atoms with Crippen LogP contribution in [0, 0.1) is 23.4 Å². The first-order valence-electron chi connectivity index (χ1n) is 21.3. The molecule has 334 valence electrons. The number of cyclic esters (lactones) is 1. The molecule has 5 fully saturated rings. The Kier molecular flexibility index (Phi) is 13.4. The number of hydrogen-bond acceptors (Lipinski definition) is 9. The number of urea groups is 1. The van der Waals surface area contributed by atoms with E-state index in [-0.39, 0.29) is 62.0 Å². The molecule has 1 aliphatic carbocycles. The van der Waals surface area contributed by atoms with E-state index in [1.165, 1.54) is 33.8 Å². The number of benzene rings is 2. The van der Waals surface area contributed by atoms with Gasteiger partial charge in [-0.2, -0.15) is 0 Å². The van der Waals surface area contributed by atoms with Crippen LogP contribution in [0.25, 0.3) is 0 Å². The Balaban J connectivity index is 1.21. The van der Waals surface area contributed by atoms with Crippen molar-refractivity contribution in [1.29, 1.82) is 0 Å². The van der Waals surface area contributed by atoms with Crippen molar-refractivity contribution in [2.45, 2.75) is 120 Å². The molecule has 7 rings (SSSR count). The lowest BCUT2D eigenvalue weighted by molar-refractivity contribution is -0.163. The smallest absolute Gasteiger partial charge is 0.329 e. The Labute approximate surface area is 356 Å². The van der Waals surface area contributed by atoms with E-state index < -0.39 is 114 Å². The monoisotopic (exact) mass is 867 g/mol. The van der Waals surface area contributed by atoms with Gasteiger partial charge in [0.15, 0.2) is 0 Å². The summed E-state index contributed by atoms with van der Waals surface area (Å²) in [4.78, 5) is 102.